The van der Waals surface area contributed by atoms with Crippen molar-refractivity contribution in [3.8, 4) is 16.2 Å². The smallest absolute Gasteiger partial charge is 0.317 e. The van der Waals surface area contributed by atoms with Gasteiger partial charge in [-0.3, -0.25) is 10.1 Å². The SMILES string of the molecule is COc1ccc(-c2cc(C(=O)N[C@H]3CCCN(C)C3)c(NC(N)=O)s2)cc1.Cl. The number of primary amides is 1. The van der Waals surface area contributed by atoms with Gasteiger partial charge in [-0.1, -0.05) is 0 Å². The van der Waals surface area contributed by atoms with Crippen LogP contribution in [0.5, 0.6) is 5.75 Å². The lowest BCUT2D eigenvalue weighted by molar-refractivity contribution is 0.0914. The molecule has 0 bridgehead atoms. The number of likely N-dealkylation sites (N-methyl/N-ethyl adjacent to an activating group) is 1. The number of carbonyl (C=O) groups is 2. The highest BCUT2D eigenvalue weighted by atomic mass is 35.5. The molecular formula is C19H25ClN4O3S. The number of anilines is 1. The standard InChI is InChI=1S/C19H24N4O3S.ClH/c1-23-9-3-4-13(11-23)21-17(24)15-10-16(27-18(15)22-19(20)25)12-5-7-14(26-2)8-6-12;/h5-8,10,13H,3-4,9,11H2,1-2H3,(H,21,24)(H3,20,22,25);1H/t13-;/m0./s1. The number of methoxy groups -OCH3 is 1. The van der Waals surface area contributed by atoms with E-state index in [4.69, 9.17) is 10.5 Å². The summed E-state index contributed by atoms with van der Waals surface area (Å²) in [6.45, 7) is 1.86. The number of carbonyl (C=O) groups excluding carboxylic acids is 2. The molecule has 3 rings (SSSR count). The molecule has 1 aliphatic rings. The number of ether oxygens (including phenoxy) is 1. The summed E-state index contributed by atoms with van der Waals surface area (Å²) in [6, 6.07) is 8.74. The fourth-order valence-corrected chi connectivity index (χ4v) is 4.27. The monoisotopic (exact) mass is 424 g/mol. The molecule has 2 aromatic rings. The fourth-order valence-electron chi connectivity index (χ4n) is 3.21. The Kier molecular flexibility index (Phi) is 7.68. The zero-order chi connectivity index (χ0) is 19.4. The quantitative estimate of drug-likeness (QED) is 0.686. The molecule has 0 unspecified atom stereocenters. The highest BCUT2D eigenvalue weighted by molar-refractivity contribution is 7.20. The lowest BCUT2D eigenvalue weighted by Crippen LogP contribution is -2.46. The Morgan fingerprint density at radius 1 is 1.29 bits per heavy atom. The summed E-state index contributed by atoms with van der Waals surface area (Å²) in [5, 5.41) is 6.10. The van der Waals surface area contributed by atoms with Crippen LogP contribution in [0.15, 0.2) is 30.3 Å². The summed E-state index contributed by atoms with van der Waals surface area (Å²) in [5.41, 5.74) is 6.65. The van der Waals surface area contributed by atoms with Crippen LogP contribution in [0.3, 0.4) is 0 Å². The molecule has 0 saturated carbocycles. The number of nitrogens with one attached hydrogen (secondary N) is 2. The highest BCUT2D eigenvalue weighted by Gasteiger charge is 2.23. The first kappa shape index (κ1) is 22.0. The van der Waals surface area contributed by atoms with Gasteiger partial charge < -0.3 is 20.7 Å². The molecule has 152 valence electrons. The molecule has 0 spiro atoms. The first-order chi connectivity index (χ1) is 13.0. The van der Waals surface area contributed by atoms with E-state index in [1.165, 1.54) is 11.3 Å². The molecule has 1 saturated heterocycles. The van der Waals surface area contributed by atoms with Crippen LogP contribution in [-0.4, -0.2) is 50.1 Å². The van der Waals surface area contributed by atoms with Crippen molar-refractivity contribution in [2.75, 3.05) is 32.6 Å². The third-order valence-electron chi connectivity index (χ3n) is 4.55. The second-order valence-electron chi connectivity index (χ2n) is 6.65. The number of hydrogen-bond acceptors (Lipinski definition) is 5. The van der Waals surface area contributed by atoms with Gasteiger partial charge in [0, 0.05) is 17.5 Å². The summed E-state index contributed by atoms with van der Waals surface area (Å²) in [6.07, 6.45) is 2.00. The number of rotatable bonds is 5. The van der Waals surface area contributed by atoms with Crippen molar-refractivity contribution in [2.45, 2.75) is 18.9 Å². The highest BCUT2D eigenvalue weighted by Crippen LogP contribution is 2.36. The van der Waals surface area contributed by atoms with E-state index < -0.39 is 6.03 Å². The lowest BCUT2D eigenvalue weighted by atomic mass is 10.1. The van der Waals surface area contributed by atoms with Crippen molar-refractivity contribution >= 4 is 40.7 Å². The molecule has 1 aromatic heterocycles. The molecular weight excluding hydrogens is 400 g/mol. The number of likely N-dealkylation sites (tertiary alicyclic amines) is 1. The number of urea groups is 1. The van der Waals surface area contributed by atoms with E-state index in [2.05, 4.69) is 15.5 Å². The third kappa shape index (κ3) is 5.37. The van der Waals surface area contributed by atoms with E-state index in [0.29, 0.717) is 10.6 Å². The van der Waals surface area contributed by atoms with Crippen molar-refractivity contribution in [1.29, 1.82) is 0 Å². The van der Waals surface area contributed by atoms with Crippen LogP contribution < -0.4 is 21.1 Å². The number of benzene rings is 1. The largest absolute Gasteiger partial charge is 0.497 e. The zero-order valence-electron chi connectivity index (χ0n) is 15.9. The normalized spacial score (nSPS) is 16.7. The molecule has 4 N–H and O–H groups in total. The van der Waals surface area contributed by atoms with Crippen LogP contribution in [0.4, 0.5) is 9.80 Å². The minimum absolute atomic E-state index is 0. The summed E-state index contributed by atoms with van der Waals surface area (Å²) in [5.74, 6) is 0.556. The first-order valence-electron chi connectivity index (χ1n) is 8.80. The van der Waals surface area contributed by atoms with Gasteiger partial charge in [-0.15, -0.1) is 23.7 Å². The first-order valence-corrected chi connectivity index (χ1v) is 9.62. The minimum Gasteiger partial charge on any atom is -0.497 e. The molecule has 9 heteroatoms. The van der Waals surface area contributed by atoms with Crippen LogP contribution in [-0.2, 0) is 0 Å². The summed E-state index contributed by atoms with van der Waals surface area (Å²) in [4.78, 5) is 27.3. The van der Waals surface area contributed by atoms with E-state index in [1.54, 1.807) is 13.2 Å². The van der Waals surface area contributed by atoms with Crippen molar-refractivity contribution in [1.82, 2.24) is 10.2 Å². The minimum atomic E-state index is -0.690. The Bertz CT molecular complexity index is 825. The molecule has 1 aliphatic heterocycles. The molecule has 7 nitrogen and oxygen atoms in total. The van der Waals surface area contributed by atoms with E-state index in [0.717, 1.165) is 42.1 Å². The Morgan fingerprint density at radius 2 is 2.00 bits per heavy atom. The van der Waals surface area contributed by atoms with Gasteiger partial charge in [0.05, 0.1) is 12.7 Å². The van der Waals surface area contributed by atoms with Gasteiger partial charge in [0.15, 0.2) is 0 Å². The second-order valence-corrected chi connectivity index (χ2v) is 7.70. The van der Waals surface area contributed by atoms with Crippen LogP contribution in [0.1, 0.15) is 23.2 Å². The number of nitrogens with two attached hydrogens (primary N) is 1. The molecule has 28 heavy (non-hydrogen) atoms. The number of thiophene rings is 1. The van der Waals surface area contributed by atoms with Crippen LogP contribution in [0, 0.1) is 0 Å². The van der Waals surface area contributed by atoms with E-state index in [9.17, 15) is 9.59 Å². The maximum absolute atomic E-state index is 12.8. The summed E-state index contributed by atoms with van der Waals surface area (Å²) in [7, 11) is 3.66. The lowest BCUT2D eigenvalue weighted by Gasteiger charge is -2.30. The van der Waals surface area contributed by atoms with Crippen molar-refractivity contribution < 1.29 is 14.3 Å². The Labute approximate surface area is 174 Å². The summed E-state index contributed by atoms with van der Waals surface area (Å²) >= 11 is 1.32. The molecule has 0 aliphatic carbocycles. The third-order valence-corrected chi connectivity index (χ3v) is 5.65. The van der Waals surface area contributed by atoms with Crippen LogP contribution in [0.25, 0.3) is 10.4 Å². The van der Waals surface area contributed by atoms with Crippen LogP contribution in [0.2, 0.25) is 0 Å². The average molecular weight is 425 g/mol. The van der Waals surface area contributed by atoms with Crippen LogP contribution >= 0.6 is 23.7 Å². The number of amides is 3. The second kappa shape index (κ2) is 9.77. The van der Waals surface area contributed by atoms with E-state index >= 15 is 0 Å². The maximum Gasteiger partial charge on any atom is 0.317 e. The van der Waals surface area contributed by atoms with Crippen molar-refractivity contribution in [2.24, 2.45) is 5.73 Å². The van der Waals surface area contributed by atoms with Gasteiger partial charge in [0.25, 0.3) is 5.91 Å². The number of piperidine rings is 1. The van der Waals surface area contributed by atoms with Gasteiger partial charge in [-0.05, 0) is 62.3 Å². The van der Waals surface area contributed by atoms with Gasteiger partial charge in [-0.2, -0.15) is 0 Å². The average Bonchev–Trinajstić information content (AvgIpc) is 3.05. The molecule has 1 fully saturated rings. The van der Waals surface area contributed by atoms with Gasteiger partial charge >= 0.3 is 6.03 Å². The Hall–Kier alpha value is -2.29. The van der Waals surface area contributed by atoms with Gasteiger partial charge in [0.1, 0.15) is 10.8 Å². The predicted molar refractivity (Wildman–Crippen MR) is 115 cm³/mol. The predicted octanol–water partition coefficient (Wildman–Crippen LogP) is 3.16. The zero-order valence-corrected chi connectivity index (χ0v) is 17.5. The van der Waals surface area contributed by atoms with E-state index in [1.807, 2.05) is 31.3 Å². The molecule has 1 aromatic carbocycles. The number of nitrogens with zero attached hydrogens (tertiary/aromatic N) is 1. The fraction of sp³-hybridized carbons (Fsp3) is 0.368. The molecule has 1 atom stereocenters. The van der Waals surface area contributed by atoms with Crippen molar-refractivity contribution in [3.63, 3.8) is 0 Å². The van der Waals surface area contributed by atoms with E-state index in [-0.39, 0.29) is 24.4 Å². The Balaban J connectivity index is 0.00000280. The number of halogens is 1. The number of hydrogen-bond donors (Lipinski definition) is 3. The molecule has 3 amide bonds. The van der Waals surface area contributed by atoms with Gasteiger partial charge in [0.2, 0.25) is 0 Å². The molecule has 0 radical (unpaired) electrons. The molecule has 2 heterocycles. The Morgan fingerprint density at radius 3 is 2.61 bits per heavy atom. The maximum atomic E-state index is 12.8. The van der Waals surface area contributed by atoms with Gasteiger partial charge in [-0.25, -0.2) is 4.79 Å². The summed E-state index contributed by atoms with van der Waals surface area (Å²) < 4.78 is 5.18. The topological polar surface area (TPSA) is 96.7 Å². The van der Waals surface area contributed by atoms with Crippen molar-refractivity contribution in [3.05, 3.63) is 35.9 Å².